The quantitative estimate of drug-likeness (QED) is 0.488. The van der Waals surface area contributed by atoms with Crippen LogP contribution in [-0.2, 0) is 4.79 Å². The number of likely N-dealkylation sites (tertiary alicyclic amines) is 1. The zero-order valence-corrected chi connectivity index (χ0v) is 17.0. The molecule has 1 aromatic rings. The van der Waals surface area contributed by atoms with E-state index in [1.165, 1.54) is 48.4 Å². The minimum atomic E-state index is -0.481. The number of hydrogen-bond acceptors (Lipinski definition) is 4. The minimum absolute atomic E-state index is 0.0284. The molecule has 0 bridgehead atoms. The SMILES string of the molecule is C[C@@H]1CCCC[C@H]1NC(=O)C[NH+]1CCC(NC(=O)c2ccc([N+](=O)[O-])cc2)CC1. The van der Waals surface area contributed by atoms with Crippen LogP contribution in [0.2, 0.25) is 0 Å². The maximum absolute atomic E-state index is 12.4. The first-order valence-corrected chi connectivity index (χ1v) is 10.6. The fourth-order valence-corrected chi connectivity index (χ4v) is 4.37. The first kappa shape index (κ1) is 21.2. The first-order valence-electron chi connectivity index (χ1n) is 10.6. The van der Waals surface area contributed by atoms with Crippen molar-refractivity contribution in [2.45, 2.75) is 57.5 Å². The number of nitro benzene ring substituents is 1. The van der Waals surface area contributed by atoms with Gasteiger partial charge in [-0.15, -0.1) is 0 Å². The summed E-state index contributed by atoms with van der Waals surface area (Å²) in [6.07, 6.45) is 6.37. The van der Waals surface area contributed by atoms with Crippen LogP contribution in [0.15, 0.2) is 24.3 Å². The molecule has 8 nitrogen and oxygen atoms in total. The summed E-state index contributed by atoms with van der Waals surface area (Å²) in [6, 6.07) is 6.02. The third-order valence-electron chi connectivity index (χ3n) is 6.24. The number of hydrogen-bond donors (Lipinski definition) is 3. The Kier molecular flexibility index (Phi) is 7.19. The van der Waals surface area contributed by atoms with Crippen LogP contribution in [0.3, 0.4) is 0 Å². The molecular formula is C21H31N4O4+. The number of quaternary nitrogens is 1. The van der Waals surface area contributed by atoms with E-state index in [4.69, 9.17) is 0 Å². The third kappa shape index (κ3) is 6.00. The van der Waals surface area contributed by atoms with Crippen molar-refractivity contribution in [1.82, 2.24) is 10.6 Å². The van der Waals surface area contributed by atoms with E-state index in [0.717, 1.165) is 32.4 Å². The van der Waals surface area contributed by atoms with Crippen LogP contribution in [0.5, 0.6) is 0 Å². The summed E-state index contributed by atoms with van der Waals surface area (Å²) in [5.74, 6) is 0.479. The molecule has 0 spiro atoms. The van der Waals surface area contributed by atoms with Gasteiger partial charge in [0.1, 0.15) is 0 Å². The van der Waals surface area contributed by atoms with Gasteiger partial charge in [0.2, 0.25) is 0 Å². The van der Waals surface area contributed by atoms with Gasteiger partial charge >= 0.3 is 0 Å². The zero-order valence-electron chi connectivity index (χ0n) is 17.0. The van der Waals surface area contributed by atoms with E-state index < -0.39 is 4.92 Å². The Hall–Kier alpha value is -2.48. The molecule has 3 rings (SSSR count). The Balaban J connectivity index is 1.40. The summed E-state index contributed by atoms with van der Waals surface area (Å²) >= 11 is 0. The first-order chi connectivity index (χ1) is 13.9. The summed E-state index contributed by atoms with van der Waals surface area (Å²) in [6.45, 7) is 4.40. The standard InChI is InChI=1S/C21H30N4O4/c1-15-4-2-3-5-19(15)23-20(26)14-24-12-10-17(11-13-24)22-21(27)16-6-8-18(9-7-16)25(28)29/h6-9,15,17,19H,2-5,10-14H2,1H3,(H,22,27)(H,23,26)/p+1/t15-,19-/m1/s1. The van der Waals surface area contributed by atoms with E-state index in [1.807, 2.05) is 0 Å². The largest absolute Gasteiger partial charge is 0.349 e. The summed E-state index contributed by atoms with van der Waals surface area (Å²) in [7, 11) is 0. The molecule has 1 aliphatic heterocycles. The molecular weight excluding hydrogens is 372 g/mol. The average molecular weight is 404 g/mol. The molecule has 1 aromatic carbocycles. The number of piperidine rings is 1. The number of benzene rings is 1. The van der Waals surface area contributed by atoms with Gasteiger partial charge in [-0.05, 0) is 30.9 Å². The molecule has 8 heteroatoms. The number of non-ortho nitro benzene ring substituents is 1. The number of rotatable bonds is 6. The lowest BCUT2D eigenvalue weighted by Crippen LogP contribution is -3.14. The normalized spacial score (nSPS) is 27.1. The molecule has 1 heterocycles. The summed E-state index contributed by atoms with van der Waals surface area (Å²) in [4.78, 5) is 36.2. The van der Waals surface area contributed by atoms with Gasteiger partial charge in [-0.1, -0.05) is 19.8 Å². The molecule has 2 amide bonds. The molecule has 29 heavy (non-hydrogen) atoms. The third-order valence-corrected chi connectivity index (χ3v) is 6.24. The van der Waals surface area contributed by atoms with Gasteiger partial charge in [-0.2, -0.15) is 0 Å². The smallest absolute Gasteiger partial charge is 0.275 e. The second kappa shape index (κ2) is 9.82. The van der Waals surface area contributed by atoms with Gasteiger partial charge < -0.3 is 15.5 Å². The van der Waals surface area contributed by atoms with Crippen molar-refractivity contribution in [3.63, 3.8) is 0 Å². The molecule has 2 aliphatic rings. The Morgan fingerprint density at radius 1 is 1.07 bits per heavy atom. The van der Waals surface area contributed by atoms with E-state index in [-0.39, 0.29) is 23.5 Å². The molecule has 0 radical (unpaired) electrons. The summed E-state index contributed by atoms with van der Waals surface area (Å²) < 4.78 is 0. The van der Waals surface area contributed by atoms with Crippen LogP contribution in [-0.4, -0.2) is 48.5 Å². The van der Waals surface area contributed by atoms with Gasteiger partial charge in [0, 0.05) is 42.6 Å². The highest BCUT2D eigenvalue weighted by Crippen LogP contribution is 2.23. The average Bonchev–Trinajstić information content (AvgIpc) is 2.71. The topological polar surface area (TPSA) is 106 Å². The number of nitrogens with one attached hydrogen (secondary N) is 3. The van der Waals surface area contributed by atoms with E-state index in [9.17, 15) is 19.7 Å². The highest BCUT2D eigenvalue weighted by Gasteiger charge is 2.28. The Morgan fingerprint density at radius 3 is 2.34 bits per heavy atom. The molecule has 2 fully saturated rings. The van der Waals surface area contributed by atoms with Crippen molar-refractivity contribution in [2.75, 3.05) is 19.6 Å². The van der Waals surface area contributed by atoms with Gasteiger partial charge in [0.15, 0.2) is 6.54 Å². The molecule has 2 atom stereocenters. The van der Waals surface area contributed by atoms with E-state index >= 15 is 0 Å². The van der Waals surface area contributed by atoms with Gasteiger partial charge in [0.25, 0.3) is 17.5 Å². The van der Waals surface area contributed by atoms with Crippen molar-refractivity contribution >= 4 is 17.5 Å². The maximum atomic E-state index is 12.4. The Bertz CT molecular complexity index is 729. The molecule has 158 valence electrons. The predicted molar refractivity (Wildman–Crippen MR) is 109 cm³/mol. The van der Waals surface area contributed by atoms with Gasteiger partial charge in [0.05, 0.1) is 18.0 Å². The Labute approximate surface area is 171 Å². The predicted octanol–water partition coefficient (Wildman–Crippen LogP) is 1.07. The van der Waals surface area contributed by atoms with E-state index in [0.29, 0.717) is 24.1 Å². The number of carbonyl (C=O) groups is 2. The van der Waals surface area contributed by atoms with Gasteiger partial charge in [-0.25, -0.2) is 0 Å². The minimum Gasteiger partial charge on any atom is -0.349 e. The molecule has 3 N–H and O–H groups in total. The molecule has 0 unspecified atom stereocenters. The summed E-state index contributed by atoms with van der Waals surface area (Å²) in [5.41, 5.74) is 0.394. The highest BCUT2D eigenvalue weighted by molar-refractivity contribution is 5.94. The number of nitro groups is 1. The lowest BCUT2D eigenvalue weighted by Gasteiger charge is -2.32. The van der Waals surface area contributed by atoms with Crippen LogP contribution >= 0.6 is 0 Å². The highest BCUT2D eigenvalue weighted by atomic mass is 16.6. The van der Waals surface area contributed by atoms with Crippen LogP contribution in [0.1, 0.15) is 55.8 Å². The number of nitrogens with zero attached hydrogens (tertiary/aromatic N) is 1. The van der Waals surface area contributed by atoms with Crippen LogP contribution in [0, 0.1) is 16.0 Å². The van der Waals surface area contributed by atoms with E-state index in [1.54, 1.807) is 0 Å². The van der Waals surface area contributed by atoms with Crippen molar-refractivity contribution < 1.29 is 19.4 Å². The summed E-state index contributed by atoms with van der Waals surface area (Å²) in [5, 5.41) is 16.9. The fourth-order valence-electron chi connectivity index (χ4n) is 4.37. The van der Waals surface area contributed by atoms with Gasteiger partial charge in [-0.3, -0.25) is 19.7 Å². The van der Waals surface area contributed by atoms with Crippen LogP contribution in [0.4, 0.5) is 5.69 Å². The molecule has 1 saturated carbocycles. The molecule has 1 saturated heterocycles. The fraction of sp³-hybridized carbons (Fsp3) is 0.619. The second-order valence-corrected chi connectivity index (χ2v) is 8.41. The second-order valence-electron chi connectivity index (χ2n) is 8.41. The van der Waals surface area contributed by atoms with Crippen molar-refractivity contribution in [3.05, 3.63) is 39.9 Å². The zero-order chi connectivity index (χ0) is 20.8. The van der Waals surface area contributed by atoms with Crippen LogP contribution < -0.4 is 15.5 Å². The lowest BCUT2D eigenvalue weighted by molar-refractivity contribution is -0.897. The maximum Gasteiger partial charge on any atom is 0.275 e. The molecule has 0 aromatic heterocycles. The van der Waals surface area contributed by atoms with Crippen LogP contribution in [0.25, 0.3) is 0 Å². The lowest BCUT2D eigenvalue weighted by atomic mass is 9.86. The van der Waals surface area contributed by atoms with Crippen molar-refractivity contribution in [3.8, 4) is 0 Å². The van der Waals surface area contributed by atoms with E-state index in [2.05, 4.69) is 17.6 Å². The Morgan fingerprint density at radius 2 is 1.72 bits per heavy atom. The number of carbonyl (C=O) groups excluding carboxylic acids is 2. The monoisotopic (exact) mass is 403 g/mol. The molecule has 1 aliphatic carbocycles. The van der Waals surface area contributed by atoms with Crippen molar-refractivity contribution in [1.29, 1.82) is 0 Å². The van der Waals surface area contributed by atoms with Crippen molar-refractivity contribution in [2.24, 2.45) is 5.92 Å². The number of amides is 2.